The fourth-order valence-electron chi connectivity index (χ4n) is 6.68. The first-order chi connectivity index (χ1) is 22.9. The third-order valence-electron chi connectivity index (χ3n) is 8.74. The molecule has 10 nitrogen and oxygen atoms in total. The summed E-state index contributed by atoms with van der Waals surface area (Å²) in [6, 6.07) is 8.46. The lowest BCUT2D eigenvalue weighted by molar-refractivity contribution is 0.0202. The number of fused-ring (bicyclic) bond motifs is 2. The van der Waals surface area contributed by atoms with E-state index in [0.29, 0.717) is 19.5 Å². The van der Waals surface area contributed by atoms with Crippen molar-refractivity contribution in [3.05, 3.63) is 60.5 Å². The lowest BCUT2D eigenvalue weighted by Crippen LogP contribution is -2.37. The van der Waals surface area contributed by atoms with Crippen LogP contribution < -0.4 is 0 Å². The number of thiophene rings is 2. The maximum atomic E-state index is 13.1. The van der Waals surface area contributed by atoms with Crippen molar-refractivity contribution >= 4 is 55.0 Å². The Labute approximate surface area is 294 Å². The molecular formula is C37H44N6O4S2. The largest absolute Gasteiger partial charge is 0.444 e. The van der Waals surface area contributed by atoms with E-state index in [4.69, 9.17) is 19.4 Å². The Morgan fingerprint density at radius 1 is 0.816 bits per heavy atom. The number of likely N-dealkylation sites (tertiary alicyclic amines) is 2. The molecule has 0 bridgehead atoms. The zero-order valence-electron chi connectivity index (χ0n) is 29.4. The molecule has 1 aromatic carbocycles. The van der Waals surface area contributed by atoms with Gasteiger partial charge in [-0.2, -0.15) is 0 Å². The second kappa shape index (κ2) is 11.7. The molecule has 258 valence electrons. The van der Waals surface area contributed by atoms with Gasteiger partial charge in [-0.3, -0.25) is 9.80 Å². The highest BCUT2D eigenvalue weighted by Crippen LogP contribution is 2.44. The molecule has 0 unspecified atom stereocenters. The summed E-state index contributed by atoms with van der Waals surface area (Å²) in [6.07, 6.45) is 4.52. The highest BCUT2D eigenvalue weighted by Gasteiger charge is 2.44. The quantitative estimate of drug-likeness (QED) is 0.180. The van der Waals surface area contributed by atoms with E-state index >= 15 is 0 Å². The summed E-state index contributed by atoms with van der Waals surface area (Å²) in [6.45, 7) is 20.8. The van der Waals surface area contributed by atoms with Crippen LogP contribution in [0.25, 0.3) is 41.3 Å². The molecule has 12 heteroatoms. The Bertz CT molecular complexity index is 2040. The monoisotopic (exact) mass is 700 g/mol. The molecule has 2 aliphatic rings. The maximum absolute atomic E-state index is 13.1. The number of carbonyl (C=O) groups is 2. The molecule has 7 rings (SSSR count). The Morgan fingerprint density at radius 3 is 1.82 bits per heavy atom. The molecule has 2 aliphatic heterocycles. The third-order valence-corrected chi connectivity index (χ3v) is 11.0. The van der Waals surface area contributed by atoms with Crippen molar-refractivity contribution in [1.82, 2.24) is 29.7 Å². The molecule has 5 aromatic rings. The molecule has 4 aromatic heterocycles. The smallest absolute Gasteiger partial charge is 0.411 e. The number of hydrogen-bond acceptors (Lipinski definition) is 8. The van der Waals surface area contributed by atoms with E-state index in [-0.39, 0.29) is 29.7 Å². The van der Waals surface area contributed by atoms with Crippen molar-refractivity contribution in [2.75, 3.05) is 13.1 Å². The van der Waals surface area contributed by atoms with Crippen molar-refractivity contribution in [2.45, 2.75) is 91.5 Å². The van der Waals surface area contributed by atoms with Crippen LogP contribution >= 0.6 is 22.7 Å². The minimum atomic E-state index is -0.579. The van der Waals surface area contributed by atoms with Crippen LogP contribution in [0, 0.1) is 5.41 Å². The molecule has 49 heavy (non-hydrogen) atoms. The van der Waals surface area contributed by atoms with Gasteiger partial charge in [-0.25, -0.2) is 19.6 Å². The normalized spacial score (nSPS) is 19.8. The second-order valence-electron chi connectivity index (χ2n) is 16.1. The minimum absolute atomic E-state index is 0.0411. The molecule has 0 aliphatic carbocycles. The average Bonchev–Trinajstić information content (AvgIpc) is 3.80. The molecule has 0 spiro atoms. The summed E-state index contributed by atoms with van der Waals surface area (Å²) in [7, 11) is 0. The zero-order chi connectivity index (χ0) is 35.0. The summed E-state index contributed by atoms with van der Waals surface area (Å²) in [5.41, 5.74) is 1.65. The van der Waals surface area contributed by atoms with Crippen LogP contribution in [0.15, 0.2) is 48.8 Å². The Balaban J connectivity index is 1.11. The van der Waals surface area contributed by atoms with Crippen LogP contribution in [0.1, 0.15) is 92.0 Å². The van der Waals surface area contributed by atoms with Gasteiger partial charge in [-0.15, -0.1) is 22.7 Å². The van der Waals surface area contributed by atoms with Gasteiger partial charge in [0.25, 0.3) is 0 Å². The topological polar surface area (TPSA) is 116 Å². The van der Waals surface area contributed by atoms with Gasteiger partial charge in [0.1, 0.15) is 22.9 Å². The number of ether oxygens (including phenoxy) is 2. The van der Waals surface area contributed by atoms with Crippen LogP contribution in [0.5, 0.6) is 0 Å². The number of aromatic amines is 2. The average molecular weight is 701 g/mol. The summed E-state index contributed by atoms with van der Waals surface area (Å²) in [5.74, 6) is 1.52. The van der Waals surface area contributed by atoms with E-state index in [1.54, 1.807) is 27.6 Å². The predicted octanol–water partition coefficient (Wildman–Crippen LogP) is 9.84. The minimum Gasteiger partial charge on any atom is -0.444 e. The van der Waals surface area contributed by atoms with Crippen LogP contribution in [0.3, 0.4) is 0 Å². The van der Waals surface area contributed by atoms with E-state index < -0.39 is 11.2 Å². The number of aromatic nitrogens is 4. The highest BCUT2D eigenvalue weighted by molar-refractivity contribution is 7.23. The first-order valence-corrected chi connectivity index (χ1v) is 18.3. The third kappa shape index (κ3) is 6.85. The van der Waals surface area contributed by atoms with Crippen LogP contribution in [-0.4, -0.2) is 66.2 Å². The molecule has 2 N–H and O–H groups in total. The molecule has 0 radical (unpaired) electrons. The van der Waals surface area contributed by atoms with E-state index in [0.717, 1.165) is 55.6 Å². The molecule has 2 amide bonds. The molecular weight excluding hydrogens is 657 g/mol. The van der Waals surface area contributed by atoms with Crippen LogP contribution in [0.2, 0.25) is 0 Å². The Hall–Kier alpha value is -4.16. The number of nitrogens with one attached hydrogen (secondary N) is 2. The Morgan fingerprint density at radius 2 is 1.31 bits per heavy atom. The fourth-order valence-corrected chi connectivity index (χ4v) is 8.80. The van der Waals surface area contributed by atoms with Gasteiger partial charge in [0.05, 0.1) is 45.6 Å². The number of amides is 2. The first-order valence-electron chi connectivity index (χ1n) is 16.6. The lowest BCUT2D eigenvalue weighted by Gasteiger charge is -2.28. The van der Waals surface area contributed by atoms with Crippen molar-refractivity contribution in [1.29, 1.82) is 0 Å². The second-order valence-corrected chi connectivity index (χ2v) is 18.3. The summed E-state index contributed by atoms with van der Waals surface area (Å²) >= 11 is 3.43. The van der Waals surface area contributed by atoms with Gasteiger partial charge in [0, 0.05) is 22.5 Å². The van der Waals surface area contributed by atoms with E-state index in [1.165, 1.54) is 9.40 Å². The molecule has 0 saturated carbocycles. The zero-order valence-corrected chi connectivity index (χ0v) is 31.0. The Kier molecular flexibility index (Phi) is 7.98. The van der Waals surface area contributed by atoms with Gasteiger partial charge in [-0.1, -0.05) is 26.0 Å². The van der Waals surface area contributed by atoms with Gasteiger partial charge < -0.3 is 19.4 Å². The standard InChI is InChI=1S/C37H44N6O4S2/c1-20-10-25(42(18-20)33(44)46-35(2,3)4)31-38-16-23(40-31)29-13-21-11-28-22(12-27(21)48-29)14-30(49-28)24-17-39-32(41-24)26-15-37(8,9)19-43(26)34(45)47-36(5,6)7/h11-14,16-17,25-26H,1,10,15,18-19H2,2-9H3,(H,38,40)(H,39,41)/t25-,26-/m0/s1. The summed E-state index contributed by atoms with van der Waals surface area (Å²) in [5, 5.41) is 2.32. The van der Waals surface area contributed by atoms with Crippen molar-refractivity contribution < 1.29 is 19.1 Å². The number of hydrogen-bond donors (Lipinski definition) is 2. The summed E-state index contributed by atoms with van der Waals surface area (Å²) < 4.78 is 13.8. The van der Waals surface area contributed by atoms with Crippen molar-refractivity contribution in [3.63, 3.8) is 0 Å². The van der Waals surface area contributed by atoms with Crippen molar-refractivity contribution in [2.24, 2.45) is 5.41 Å². The summed E-state index contributed by atoms with van der Waals surface area (Å²) in [4.78, 5) is 48.2. The van der Waals surface area contributed by atoms with Crippen molar-refractivity contribution in [3.8, 4) is 21.1 Å². The number of benzene rings is 1. The number of imidazole rings is 2. The van der Waals surface area contributed by atoms with Crippen LogP contribution in [-0.2, 0) is 9.47 Å². The molecule has 2 saturated heterocycles. The molecule has 2 fully saturated rings. The van der Waals surface area contributed by atoms with Gasteiger partial charge >= 0.3 is 12.2 Å². The van der Waals surface area contributed by atoms with Crippen LogP contribution in [0.4, 0.5) is 9.59 Å². The maximum Gasteiger partial charge on any atom is 0.411 e. The molecule has 2 atom stereocenters. The fraction of sp³-hybridized carbons (Fsp3) is 0.459. The number of rotatable bonds is 4. The van der Waals surface area contributed by atoms with Gasteiger partial charge in [-0.05, 0) is 94.8 Å². The first kappa shape index (κ1) is 33.3. The SMILES string of the molecule is C=C1C[C@@H](c2ncc(-c3cc4cc5sc(-c6cnc([C@@H]7CC(C)(C)CN7C(=O)OC(C)(C)C)[nH]6)cc5cc4s3)[nH]2)N(C(=O)OC(C)(C)C)C1. The molecule has 6 heterocycles. The van der Waals surface area contributed by atoms with E-state index in [2.05, 4.69) is 54.7 Å². The number of nitrogens with zero attached hydrogens (tertiary/aromatic N) is 4. The predicted molar refractivity (Wildman–Crippen MR) is 196 cm³/mol. The lowest BCUT2D eigenvalue weighted by atomic mass is 9.90. The van der Waals surface area contributed by atoms with E-state index in [9.17, 15) is 9.59 Å². The van der Waals surface area contributed by atoms with E-state index in [1.807, 2.05) is 58.8 Å². The number of carbonyl (C=O) groups excluding carboxylic acids is 2. The van der Waals surface area contributed by atoms with Gasteiger partial charge in [0.15, 0.2) is 0 Å². The number of H-pyrrole nitrogens is 2. The highest BCUT2D eigenvalue weighted by atomic mass is 32.1. The van der Waals surface area contributed by atoms with Gasteiger partial charge in [0.2, 0.25) is 0 Å².